The molecule has 0 spiro atoms. The zero-order chi connectivity index (χ0) is 45.6. The van der Waals surface area contributed by atoms with E-state index in [0.29, 0.717) is 5.32 Å². The van der Waals surface area contributed by atoms with E-state index in [1.165, 1.54) is 20.8 Å². The standard InChI is InChI=1S/C23H22F27NO4Si/c1-4-53-56(54-5-2,55-6-3)9-7-8-51-10(52)11(24,25)12(26,27)13(28,29)14(30,31)15(32,33)16(34,35)17(36,37)18(38,39)19(40,41)20(42,43)21(44,45)22(46,47)23(48,49)50/h4-9H2,1-3H3,(H,51,52). The topological polar surface area (TPSA) is 56.8 Å². The van der Waals surface area contributed by atoms with Gasteiger partial charge in [0.2, 0.25) is 0 Å². The first-order valence-electron chi connectivity index (χ1n) is 14.1. The molecule has 0 atom stereocenters. The van der Waals surface area contributed by atoms with Gasteiger partial charge in [0.1, 0.15) is 0 Å². The van der Waals surface area contributed by atoms with Crippen molar-refractivity contribution in [1.29, 1.82) is 0 Å². The van der Waals surface area contributed by atoms with Gasteiger partial charge in [0.25, 0.3) is 5.91 Å². The van der Waals surface area contributed by atoms with Gasteiger partial charge >= 0.3 is 86.1 Å². The summed E-state index contributed by atoms with van der Waals surface area (Å²) in [5, 5.41) is 0.641. The molecule has 0 rings (SSSR count). The quantitative estimate of drug-likeness (QED) is 0.0669. The third kappa shape index (κ3) is 7.65. The number of halogens is 27. The summed E-state index contributed by atoms with van der Waals surface area (Å²) in [4.78, 5) is 11.6. The molecule has 0 aromatic carbocycles. The monoisotopic (exact) mass is 917 g/mol. The maximum atomic E-state index is 14.2. The van der Waals surface area contributed by atoms with Crippen LogP contribution >= 0.6 is 0 Å². The number of carbonyl (C=O) groups is 1. The minimum atomic E-state index is -9.86. The summed E-state index contributed by atoms with van der Waals surface area (Å²) in [6.45, 7) is 2.02. The van der Waals surface area contributed by atoms with Crippen molar-refractivity contribution in [1.82, 2.24) is 5.32 Å². The van der Waals surface area contributed by atoms with Crippen LogP contribution in [0.15, 0.2) is 0 Å². The van der Waals surface area contributed by atoms with E-state index in [4.69, 9.17) is 13.3 Å². The van der Waals surface area contributed by atoms with Gasteiger partial charge in [0, 0.05) is 32.4 Å². The van der Waals surface area contributed by atoms with Crippen LogP contribution in [-0.4, -0.2) is 118 Å². The van der Waals surface area contributed by atoms with Gasteiger partial charge in [-0.3, -0.25) is 4.79 Å². The lowest BCUT2D eigenvalue weighted by atomic mass is 9.84. The highest BCUT2D eigenvalue weighted by molar-refractivity contribution is 6.60. The molecule has 33 heteroatoms. The molecule has 56 heavy (non-hydrogen) atoms. The van der Waals surface area contributed by atoms with E-state index in [9.17, 15) is 123 Å². The van der Waals surface area contributed by atoms with E-state index in [2.05, 4.69) is 0 Å². The molecule has 0 aliphatic heterocycles. The Morgan fingerprint density at radius 3 is 0.875 bits per heavy atom. The molecule has 0 aliphatic carbocycles. The maximum Gasteiger partial charge on any atom is 0.500 e. The lowest BCUT2D eigenvalue weighted by Gasteiger charge is -2.46. The lowest BCUT2D eigenvalue weighted by molar-refractivity contribution is -0.484. The van der Waals surface area contributed by atoms with E-state index in [-0.39, 0.29) is 19.8 Å². The predicted molar refractivity (Wildman–Crippen MR) is 128 cm³/mol. The summed E-state index contributed by atoms with van der Waals surface area (Å²) in [5.41, 5.74) is 0. The van der Waals surface area contributed by atoms with Crippen LogP contribution in [0, 0.1) is 0 Å². The fourth-order valence-corrected chi connectivity index (χ4v) is 6.52. The molecule has 0 saturated heterocycles. The fraction of sp³-hybridized carbons (Fsp3) is 0.957. The Balaban J connectivity index is 7.01. The van der Waals surface area contributed by atoms with Gasteiger partial charge in [-0.2, -0.15) is 119 Å². The third-order valence-corrected chi connectivity index (χ3v) is 10.2. The van der Waals surface area contributed by atoms with Crippen LogP contribution < -0.4 is 5.32 Å². The van der Waals surface area contributed by atoms with Gasteiger partial charge in [-0.25, -0.2) is 0 Å². The van der Waals surface area contributed by atoms with E-state index in [1.807, 2.05) is 0 Å². The molecule has 0 aromatic rings. The molecule has 1 amide bonds. The highest BCUT2D eigenvalue weighted by Gasteiger charge is 3.00. The molecule has 0 fully saturated rings. The summed E-state index contributed by atoms with van der Waals surface area (Å²) >= 11 is 0. The average molecular weight is 917 g/mol. The Labute approximate surface area is 294 Å². The first-order chi connectivity index (χ1) is 24.3. The predicted octanol–water partition coefficient (Wildman–Crippen LogP) is 9.73. The van der Waals surface area contributed by atoms with Crippen LogP contribution in [0.5, 0.6) is 0 Å². The SMILES string of the molecule is CCO[Si](CCCNC(=O)C(F)(F)C(F)(F)C(F)(F)C(F)(F)C(F)(F)C(F)(F)C(F)(F)C(F)(F)C(F)(F)C(F)(F)C(F)(F)C(F)(F)C(F)(F)F)(OCC)OCC. The molecular weight excluding hydrogens is 895 g/mol. The number of amides is 1. The second-order valence-corrected chi connectivity index (χ2v) is 13.5. The van der Waals surface area contributed by atoms with Gasteiger partial charge < -0.3 is 18.6 Å². The Kier molecular flexibility index (Phi) is 15.0. The van der Waals surface area contributed by atoms with Crippen LogP contribution in [0.2, 0.25) is 6.04 Å². The zero-order valence-corrected chi connectivity index (χ0v) is 28.1. The summed E-state index contributed by atoms with van der Waals surface area (Å²) in [6.07, 6.45) is -9.07. The molecule has 5 nitrogen and oxygen atoms in total. The van der Waals surface area contributed by atoms with Crippen LogP contribution in [0.25, 0.3) is 0 Å². The minimum absolute atomic E-state index is 0.189. The Bertz CT molecular complexity index is 1330. The van der Waals surface area contributed by atoms with Crippen molar-refractivity contribution in [2.24, 2.45) is 0 Å². The largest absolute Gasteiger partial charge is 0.500 e. The number of hydrogen-bond donors (Lipinski definition) is 1. The van der Waals surface area contributed by atoms with E-state index in [1.54, 1.807) is 0 Å². The molecule has 0 saturated carbocycles. The number of hydrogen-bond acceptors (Lipinski definition) is 4. The first kappa shape index (κ1) is 53.7. The Morgan fingerprint density at radius 2 is 0.643 bits per heavy atom. The Hall–Kier alpha value is -2.32. The van der Waals surface area contributed by atoms with Gasteiger partial charge in [0.05, 0.1) is 0 Å². The molecule has 336 valence electrons. The van der Waals surface area contributed by atoms with Gasteiger partial charge in [0.15, 0.2) is 0 Å². The molecular formula is C23H22F27NO4Si. The van der Waals surface area contributed by atoms with E-state index < -0.39 is 111 Å². The number of nitrogens with one attached hydrogen (secondary N) is 1. The number of alkyl halides is 27. The van der Waals surface area contributed by atoms with Crippen molar-refractivity contribution in [2.45, 2.75) is 110 Å². The van der Waals surface area contributed by atoms with Crippen molar-refractivity contribution < 1.29 is 137 Å². The Morgan fingerprint density at radius 1 is 0.411 bits per heavy atom. The van der Waals surface area contributed by atoms with Crippen LogP contribution in [0.3, 0.4) is 0 Å². The summed E-state index contributed by atoms with van der Waals surface area (Å²) in [7, 11) is -3.80. The van der Waals surface area contributed by atoms with Crippen LogP contribution in [0.1, 0.15) is 27.2 Å². The lowest BCUT2D eigenvalue weighted by Crippen LogP contribution is -2.79. The van der Waals surface area contributed by atoms with Gasteiger partial charge in [-0.15, -0.1) is 0 Å². The van der Waals surface area contributed by atoms with E-state index >= 15 is 0 Å². The van der Waals surface area contributed by atoms with Crippen LogP contribution in [0.4, 0.5) is 119 Å². The molecule has 0 radical (unpaired) electrons. The number of carbonyl (C=O) groups excluding carboxylic acids is 1. The molecule has 0 aliphatic rings. The third-order valence-electron chi connectivity index (χ3n) is 7.02. The summed E-state index contributed by atoms with van der Waals surface area (Å²) in [5.74, 6) is -115. The fourth-order valence-electron chi connectivity index (χ4n) is 3.91. The van der Waals surface area contributed by atoms with Crippen molar-refractivity contribution in [3.05, 3.63) is 0 Å². The first-order valence-corrected chi connectivity index (χ1v) is 16.0. The van der Waals surface area contributed by atoms with Crippen molar-refractivity contribution in [3.63, 3.8) is 0 Å². The smallest absolute Gasteiger partial charge is 0.374 e. The van der Waals surface area contributed by atoms with E-state index in [0.717, 1.165) is 0 Å². The average Bonchev–Trinajstić information content (AvgIpc) is 3.01. The second kappa shape index (κ2) is 15.7. The highest BCUT2D eigenvalue weighted by atomic mass is 28.4. The highest BCUT2D eigenvalue weighted by Crippen LogP contribution is 2.68. The number of rotatable bonds is 22. The van der Waals surface area contributed by atoms with Gasteiger partial charge in [-0.1, -0.05) is 0 Å². The molecule has 0 heterocycles. The molecule has 1 N–H and O–H groups in total. The maximum absolute atomic E-state index is 14.2. The molecule has 0 bridgehead atoms. The minimum Gasteiger partial charge on any atom is -0.374 e. The zero-order valence-electron chi connectivity index (χ0n) is 27.1. The normalized spacial score (nSPS) is 16.0. The van der Waals surface area contributed by atoms with Crippen molar-refractivity contribution in [2.75, 3.05) is 26.4 Å². The second-order valence-electron chi connectivity index (χ2n) is 10.7. The summed E-state index contributed by atoms with van der Waals surface area (Å²) < 4.78 is 384. The molecule has 0 unspecified atom stereocenters. The summed E-state index contributed by atoms with van der Waals surface area (Å²) in [6, 6.07) is -0.563. The molecule has 0 aromatic heterocycles. The van der Waals surface area contributed by atoms with Gasteiger partial charge in [-0.05, 0) is 27.2 Å². The van der Waals surface area contributed by atoms with Crippen molar-refractivity contribution in [3.8, 4) is 0 Å². The van der Waals surface area contributed by atoms with Crippen molar-refractivity contribution >= 4 is 14.7 Å². The van der Waals surface area contributed by atoms with Crippen LogP contribution in [-0.2, 0) is 18.1 Å².